The van der Waals surface area contributed by atoms with Crippen molar-refractivity contribution in [3.05, 3.63) is 65.3 Å². The number of aromatic nitrogens is 1. The molecule has 1 unspecified atom stereocenters. The Morgan fingerprint density at radius 3 is 2.68 bits per heavy atom. The number of hydrogen-bond acceptors (Lipinski definition) is 5. The molecule has 0 aromatic heterocycles. The van der Waals surface area contributed by atoms with Crippen LogP contribution in [0.1, 0.15) is 16.8 Å². The fourth-order valence-corrected chi connectivity index (χ4v) is 5.62. The minimum atomic E-state index is -0.425. The molecule has 2 N–H and O–H groups in total. The topological polar surface area (TPSA) is 71.7 Å². The van der Waals surface area contributed by atoms with Crippen molar-refractivity contribution in [2.75, 3.05) is 44.7 Å². The third kappa shape index (κ3) is 3.59. The molecular weight excluding hydrogens is 471 g/mol. The average molecular weight is 499 g/mol. The molecule has 0 bridgehead atoms. The fraction of sp³-hybridized carbons (Fsp3) is 0.276. The second-order valence-corrected chi connectivity index (χ2v) is 9.86. The minimum absolute atomic E-state index is 0.0969. The first kappa shape index (κ1) is 22.3. The lowest BCUT2D eigenvalue weighted by atomic mass is 10.0. The first-order valence-electron chi connectivity index (χ1n) is 12.7. The van der Waals surface area contributed by atoms with Crippen molar-refractivity contribution in [3.8, 4) is 5.69 Å². The molecule has 7 nitrogen and oxygen atoms in total. The van der Waals surface area contributed by atoms with Crippen molar-refractivity contribution in [2.24, 2.45) is 0 Å². The zero-order valence-electron chi connectivity index (χ0n) is 20.4. The van der Waals surface area contributed by atoms with Crippen molar-refractivity contribution in [1.82, 2.24) is 14.8 Å². The first-order valence-corrected chi connectivity index (χ1v) is 12.7. The number of anilines is 1. The highest BCUT2D eigenvalue weighted by molar-refractivity contribution is 6.04. The van der Waals surface area contributed by atoms with Crippen LogP contribution < -0.4 is 15.9 Å². The predicted octanol–water partition coefficient (Wildman–Crippen LogP) is 4.04. The van der Waals surface area contributed by atoms with Gasteiger partial charge >= 0.3 is 0 Å². The van der Waals surface area contributed by atoms with E-state index in [4.69, 9.17) is 9.15 Å². The second-order valence-electron chi connectivity index (χ2n) is 9.86. The number of ether oxygens (including phenoxy) is 1. The lowest BCUT2D eigenvalue weighted by Gasteiger charge is -2.28. The number of carbonyl (C=O) groups excluding carboxylic acids is 1. The number of amides is 1. The molecule has 2 fully saturated rings. The molecule has 1 atom stereocenters. The summed E-state index contributed by atoms with van der Waals surface area (Å²) in [7, 11) is 0. The van der Waals surface area contributed by atoms with Gasteiger partial charge in [0.15, 0.2) is 17.0 Å². The lowest BCUT2D eigenvalue weighted by Crippen LogP contribution is -2.42. The van der Waals surface area contributed by atoms with Crippen LogP contribution in [0.4, 0.5) is 10.1 Å². The number of carbonyl (C=O) groups is 1. The molecule has 8 heteroatoms. The number of benzene rings is 3. The molecule has 2 saturated heterocycles. The third-order valence-corrected chi connectivity index (χ3v) is 7.59. The van der Waals surface area contributed by atoms with Crippen molar-refractivity contribution < 1.29 is 18.3 Å². The summed E-state index contributed by atoms with van der Waals surface area (Å²) >= 11 is 0. The maximum Gasteiger partial charge on any atom is 0.256 e. The summed E-state index contributed by atoms with van der Waals surface area (Å²) in [5.74, 6) is -0.556. The van der Waals surface area contributed by atoms with Crippen molar-refractivity contribution in [3.63, 3.8) is 0 Å². The number of nitrogens with one attached hydrogen (secondary N) is 2. The van der Waals surface area contributed by atoms with E-state index >= 15 is 4.39 Å². The van der Waals surface area contributed by atoms with Crippen LogP contribution in [0.2, 0.25) is 0 Å². The van der Waals surface area contributed by atoms with Crippen molar-refractivity contribution >= 4 is 51.0 Å². The summed E-state index contributed by atoms with van der Waals surface area (Å²) in [4.78, 5) is 15.4. The van der Waals surface area contributed by atoms with E-state index < -0.39 is 5.82 Å². The van der Waals surface area contributed by atoms with Crippen LogP contribution in [0.5, 0.6) is 0 Å². The molecule has 1 amide bonds. The van der Waals surface area contributed by atoms with Crippen LogP contribution in [-0.2, 0) is 4.74 Å². The SMILES string of the molecule is C=c1c(C(=O)N2CCOCC2)cn2c3cc4ccccc4cc3oc3c(NC4CCNC4)c(F)cc1c3-2. The Balaban J connectivity index is 1.55. The zero-order chi connectivity index (χ0) is 25.1. The standard InChI is InChI=1S/C29H27FN4O3/c1-17-21-14-23(30)26(32-20-6-7-31-15-20)28-27(21)34(16-22(17)29(35)33-8-10-36-11-9-33)24-12-18-4-2-3-5-19(18)13-25(24)37-28/h2-5,12-14,16,20,31-32H,1,6-11,15H2. The van der Waals surface area contributed by atoms with Crippen LogP contribution in [0.3, 0.4) is 0 Å². The van der Waals surface area contributed by atoms with Gasteiger partial charge in [0.1, 0.15) is 5.69 Å². The van der Waals surface area contributed by atoms with Gasteiger partial charge in [0.25, 0.3) is 5.91 Å². The summed E-state index contributed by atoms with van der Waals surface area (Å²) in [5.41, 5.74) is 3.30. The van der Waals surface area contributed by atoms with Gasteiger partial charge in [0.2, 0.25) is 0 Å². The van der Waals surface area contributed by atoms with Crippen LogP contribution >= 0.6 is 0 Å². The van der Waals surface area contributed by atoms with E-state index in [2.05, 4.69) is 23.3 Å². The van der Waals surface area contributed by atoms with E-state index in [0.29, 0.717) is 65.0 Å². The summed E-state index contributed by atoms with van der Waals surface area (Å²) < 4.78 is 29.6. The summed E-state index contributed by atoms with van der Waals surface area (Å²) in [5, 5.41) is 9.80. The van der Waals surface area contributed by atoms with Gasteiger partial charge in [-0.25, -0.2) is 4.39 Å². The predicted molar refractivity (Wildman–Crippen MR) is 143 cm³/mol. The first-order chi connectivity index (χ1) is 18.1. The largest absolute Gasteiger partial charge is 0.451 e. The molecular formula is C29H27FN4O3. The Bertz CT molecular complexity index is 1710. The minimum Gasteiger partial charge on any atom is -0.451 e. The number of fused-ring (bicyclic) bond motifs is 3. The Morgan fingerprint density at radius 1 is 1.14 bits per heavy atom. The Kier molecular flexibility index (Phi) is 5.19. The molecule has 0 saturated carbocycles. The molecule has 37 heavy (non-hydrogen) atoms. The van der Waals surface area contributed by atoms with Crippen molar-refractivity contribution in [2.45, 2.75) is 12.5 Å². The fourth-order valence-electron chi connectivity index (χ4n) is 5.62. The molecule has 0 aliphatic carbocycles. The highest BCUT2D eigenvalue weighted by atomic mass is 19.1. The van der Waals surface area contributed by atoms with Gasteiger partial charge < -0.3 is 29.3 Å². The molecule has 3 aromatic rings. The molecule has 0 spiro atoms. The smallest absolute Gasteiger partial charge is 0.256 e. The quantitative estimate of drug-likeness (QED) is 0.290. The van der Waals surface area contributed by atoms with E-state index in [1.807, 2.05) is 41.1 Å². The van der Waals surface area contributed by atoms with E-state index in [1.165, 1.54) is 6.07 Å². The molecule has 4 aliphatic heterocycles. The van der Waals surface area contributed by atoms with Gasteiger partial charge in [0.05, 0.1) is 30.0 Å². The zero-order valence-corrected chi connectivity index (χ0v) is 20.4. The molecule has 7 rings (SSSR count). The van der Waals surface area contributed by atoms with Crippen LogP contribution in [0, 0.1) is 5.82 Å². The number of pyridine rings is 1. The summed E-state index contributed by atoms with van der Waals surface area (Å²) in [6.45, 7) is 7.90. The number of morpholine rings is 1. The van der Waals surface area contributed by atoms with Gasteiger partial charge in [-0.15, -0.1) is 0 Å². The van der Waals surface area contributed by atoms with E-state index in [-0.39, 0.29) is 11.9 Å². The molecule has 4 heterocycles. The summed E-state index contributed by atoms with van der Waals surface area (Å²) in [6.07, 6.45) is 2.73. The Morgan fingerprint density at radius 2 is 1.92 bits per heavy atom. The van der Waals surface area contributed by atoms with Crippen LogP contribution in [0.15, 0.2) is 53.1 Å². The second kappa shape index (κ2) is 8.61. The Labute approximate surface area is 212 Å². The van der Waals surface area contributed by atoms with Gasteiger partial charge in [-0.05, 0) is 47.2 Å². The monoisotopic (exact) mass is 498 g/mol. The van der Waals surface area contributed by atoms with Gasteiger partial charge in [-0.1, -0.05) is 30.8 Å². The van der Waals surface area contributed by atoms with E-state index in [9.17, 15) is 4.79 Å². The van der Waals surface area contributed by atoms with Gasteiger partial charge in [0, 0.05) is 37.3 Å². The van der Waals surface area contributed by atoms with E-state index in [1.54, 1.807) is 4.90 Å². The third-order valence-electron chi connectivity index (χ3n) is 7.59. The van der Waals surface area contributed by atoms with Crippen LogP contribution in [-0.4, -0.2) is 60.8 Å². The normalized spacial score (nSPS) is 18.4. The number of hydrogen-bond donors (Lipinski definition) is 2. The Hall–Kier alpha value is -3.88. The molecule has 188 valence electrons. The molecule has 4 aliphatic rings. The lowest BCUT2D eigenvalue weighted by molar-refractivity contribution is 0.0302. The summed E-state index contributed by atoms with van der Waals surface area (Å²) in [6, 6.07) is 13.6. The van der Waals surface area contributed by atoms with E-state index in [0.717, 1.165) is 35.8 Å². The highest BCUT2D eigenvalue weighted by Crippen LogP contribution is 2.38. The van der Waals surface area contributed by atoms with Crippen LogP contribution in [0.25, 0.3) is 45.1 Å². The van der Waals surface area contributed by atoms with Gasteiger partial charge in [-0.2, -0.15) is 0 Å². The molecule has 3 aromatic carbocycles. The average Bonchev–Trinajstić information content (AvgIpc) is 3.44. The number of rotatable bonds is 3. The highest BCUT2D eigenvalue weighted by Gasteiger charge is 2.28. The number of nitrogens with zero attached hydrogens (tertiary/aromatic N) is 2. The molecule has 0 radical (unpaired) electrons. The number of halogens is 1. The van der Waals surface area contributed by atoms with Crippen molar-refractivity contribution in [1.29, 1.82) is 0 Å². The maximum atomic E-state index is 15.8. The van der Waals surface area contributed by atoms with Gasteiger partial charge in [-0.3, -0.25) is 4.79 Å². The maximum absolute atomic E-state index is 15.8.